The molecule has 0 aliphatic heterocycles. The predicted molar refractivity (Wildman–Crippen MR) is 196 cm³/mol. The molecule has 1 saturated carbocycles. The second-order valence-electron chi connectivity index (χ2n) is 15.1. The number of aliphatic hydroxyl groups excluding tert-OH is 1. The molecule has 1 fully saturated rings. The Hall–Kier alpha value is -5.41. The first-order chi connectivity index (χ1) is 26.1. The zero-order valence-corrected chi connectivity index (χ0v) is 32.6. The molecule has 2 N–H and O–H groups in total. The van der Waals surface area contributed by atoms with Crippen LogP contribution in [0.25, 0.3) is 0 Å². The van der Waals surface area contributed by atoms with E-state index in [1.54, 1.807) is 51.1 Å². The van der Waals surface area contributed by atoms with Crippen molar-refractivity contribution in [3.8, 4) is 0 Å². The van der Waals surface area contributed by atoms with Crippen molar-refractivity contribution in [1.29, 1.82) is 0 Å². The summed E-state index contributed by atoms with van der Waals surface area (Å²) in [4.78, 5) is 82.7. The van der Waals surface area contributed by atoms with E-state index in [9.17, 15) is 39.0 Å². The van der Waals surface area contributed by atoms with Gasteiger partial charge >= 0.3 is 35.8 Å². The van der Waals surface area contributed by atoms with Crippen LogP contribution >= 0.6 is 0 Å². The fourth-order valence-corrected chi connectivity index (χ4v) is 7.70. The van der Waals surface area contributed by atoms with Gasteiger partial charge in [0.1, 0.15) is 35.6 Å². The number of aromatic nitrogens is 1. The molecule has 2 aromatic rings. The van der Waals surface area contributed by atoms with E-state index in [4.69, 9.17) is 28.4 Å². The molecule has 1 aromatic carbocycles. The van der Waals surface area contributed by atoms with Gasteiger partial charge in [0.25, 0.3) is 0 Å². The fraction of sp³-hybridized carbons (Fsp3) is 0.488. The number of hydrogen-bond donors (Lipinski definition) is 2. The highest BCUT2D eigenvalue weighted by atomic mass is 16.6. The molecular weight excluding hydrogens is 730 g/mol. The van der Waals surface area contributed by atoms with Crippen LogP contribution in [0.4, 0.5) is 0 Å². The van der Waals surface area contributed by atoms with E-state index in [0.29, 0.717) is 0 Å². The van der Waals surface area contributed by atoms with E-state index in [1.807, 2.05) is 0 Å². The van der Waals surface area contributed by atoms with Crippen molar-refractivity contribution in [2.75, 3.05) is 0 Å². The van der Waals surface area contributed by atoms with Gasteiger partial charge in [-0.25, -0.2) is 9.59 Å². The molecule has 10 atom stereocenters. The van der Waals surface area contributed by atoms with Gasteiger partial charge in [-0.15, -0.1) is 0 Å². The number of aliphatic hydroxyl groups is 2. The fourth-order valence-electron chi connectivity index (χ4n) is 7.70. The van der Waals surface area contributed by atoms with Crippen LogP contribution in [0.3, 0.4) is 0 Å². The van der Waals surface area contributed by atoms with Gasteiger partial charge in [-0.05, 0) is 31.2 Å². The standard InChI is InChI=1S/C41H49NO14/c1-22-17-18-39(7,8)36(55-38(49)29-16-13-19-42-20-29)31(47)33(52-25(4)44)23(2)32(51-24(3)43)30-35(54-37(48)28-14-11-10-12-15-28)40(9,56-27(6)46)21-41(30,50)34(22)53-26(5)45/h10-20,22,30-36,47,50H,2,21H2,1,3-9H3/b18-17+/t22-,30+,31-,32+,33+,34+,35-,36-,40-,41-/m1/s1. The number of ether oxygens (including phenoxy) is 6. The summed E-state index contributed by atoms with van der Waals surface area (Å²) in [5.74, 6) is -7.97. The maximum absolute atomic E-state index is 13.8. The number of hydrogen-bond acceptors (Lipinski definition) is 15. The Balaban J connectivity index is 2.06. The molecule has 0 radical (unpaired) electrons. The number of fused-ring (bicyclic) bond motifs is 1. The van der Waals surface area contributed by atoms with Crippen molar-refractivity contribution in [3.63, 3.8) is 0 Å². The smallest absolute Gasteiger partial charge is 0.340 e. The first-order valence-corrected chi connectivity index (χ1v) is 18.0. The third-order valence-corrected chi connectivity index (χ3v) is 9.98. The van der Waals surface area contributed by atoms with Crippen LogP contribution in [0.2, 0.25) is 0 Å². The SMILES string of the molecule is C=C1[C@H](OC(C)=O)[C@@H](O)[C@@H](OC(=O)c2cccnc2)C(C)(C)/C=C/[C@@H](C)[C@H](OC(C)=O)[C@@]2(O)C[C@@](C)(OC(C)=O)[C@H](OC(=O)c3ccccc3)[C@@H]2[C@H]1OC(C)=O. The number of esters is 6. The Morgan fingerprint density at radius 1 is 0.732 bits per heavy atom. The van der Waals surface area contributed by atoms with E-state index in [0.717, 1.165) is 27.7 Å². The highest BCUT2D eigenvalue weighted by molar-refractivity contribution is 5.90. The van der Waals surface area contributed by atoms with Crippen molar-refractivity contribution in [2.45, 2.75) is 110 Å². The summed E-state index contributed by atoms with van der Waals surface area (Å²) in [6.45, 7) is 14.7. The zero-order valence-electron chi connectivity index (χ0n) is 32.6. The highest BCUT2D eigenvalue weighted by Gasteiger charge is 2.70. The number of carbonyl (C=O) groups excluding carboxylic acids is 6. The third-order valence-electron chi connectivity index (χ3n) is 9.98. The Bertz CT molecular complexity index is 1840. The predicted octanol–water partition coefficient (Wildman–Crippen LogP) is 3.85. The molecule has 0 amide bonds. The monoisotopic (exact) mass is 779 g/mol. The summed E-state index contributed by atoms with van der Waals surface area (Å²) in [6, 6.07) is 10.7. The van der Waals surface area contributed by atoms with E-state index < -0.39 is 107 Å². The lowest BCUT2D eigenvalue weighted by Gasteiger charge is -2.45. The molecule has 4 rings (SSSR count). The maximum Gasteiger partial charge on any atom is 0.340 e. The molecule has 1 aromatic heterocycles. The number of nitrogens with zero attached hydrogens (tertiary/aromatic N) is 1. The second kappa shape index (κ2) is 17.2. The molecule has 56 heavy (non-hydrogen) atoms. The lowest BCUT2D eigenvalue weighted by Crippen LogP contribution is -2.59. The average molecular weight is 780 g/mol. The van der Waals surface area contributed by atoms with Gasteiger partial charge < -0.3 is 38.6 Å². The molecule has 0 spiro atoms. The summed E-state index contributed by atoms with van der Waals surface area (Å²) in [5.41, 5.74) is -5.82. The van der Waals surface area contributed by atoms with E-state index in [2.05, 4.69) is 11.6 Å². The summed E-state index contributed by atoms with van der Waals surface area (Å²) in [7, 11) is 0. The molecule has 15 nitrogen and oxygen atoms in total. The molecule has 0 bridgehead atoms. The minimum absolute atomic E-state index is 0.0402. The molecule has 2 aliphatic rings. The largest absolute Gasteiger partial charge is 0.459 e. The van der Waals surface area contributed by atoms with E-state index in [-0.39, 0.29) is 16.7 Å². The molecule has 0 saturated heterocycles. The van der Waals surface area contributed by atoms with Crippen molar-refractivity contribution in [2.24, 2.45) is 17.3 Å². The Morgan fingerprint density at radius 2 is 1.29 bits per heavy atom. The van der Waals surface area contributed by atoms with Gasteiger partial charge in [-0.1, -0.05) is 57.7 Å². The Morgan fingerprint density at radius 3 is 1.84 bits per heavy atom. The van der Waals surface area contributed by atoms with Crippen LogP contribution in [0.5, 0.6) is 0 Å². The zero-order chi connectivity index (χ0) is 41.7. The quantitative estimate of drug-likeness (QED) is 0.221. The summed E-state index contributed by atoms with van der Waals surface area (Å²) >= 11 is 0. The first kappa shape index (κ1) is 43.3. The van der Waals surface area contributed by atoms with Gasteiger partial charge in [0.2, 0.25) is 0 Å². The second-order valence-corrected chi connectivity index (χ2v) is 15.1. The van der Waals surface area contributed by atoms with Crippen molar-refractivity contribution < 1.29 is 67.4 Å². The number of carbonyl (C=O) groups is 6. The van der Waals surface area contributed by atoms with Crippen LogP contribution in [-0.2, 0) is 47.6 Å². The van der Waals surface area contributed by atoms with E-state index >= 15 is 0 Å². The van der Waals surface area contributed by atoms with Gasteiger partial charge in [-0.2, -0.15) is 0 Å². The molecule has 1 heterocycles. The van der Waals surface area contributed by atoms with Crippen molar-refractivity contribution >= 4 is 35.8 Å². The van der Waals surface area contributed by atoms with Crippen LogP contribution in [0.1, 0.15) is 82.5 Å². The Kier molecular flexibility index (Phi) is 13.3. The minimum Gasteiger partial charge on any atom is -0.459 e. The maximum atomic E-state index is 13.8. The van der Waals surface area contributed by atoms with Gasteiger partial charge in [0, 0.05) is 63.4 Å². The van der Waals surface area contributed by atoms with Gasteiger partial charge in [0.15, 0.2) is 12.2 Å². The van der Waals surface area contributed by atoms with Gasteiger partial charge in [-0.3, -0.25) is 24.2 Å². The number of benzene rings is 1. The van der Waals surface area contributed by atoms with Crippen LogP contribution in [0.15, 0.2) is 79.2 Å². The normalized spacial score (nSPS) is 31.9. The molecule has 2 aliphatic carbocycles. The van der Waals surface area contributed by atoms with Gasteiger partial charge in [0.05, 0.1) is 17.0 Å². The summed E-state index contributed by atoms with van der Waals surface area (Å²) < 4.78 is 35.3. The Labute approximate surface area is 325 Å². The van der Waals surface area contributed by atoms with Crippen LogP contribution < -0.4 is 0 Å². The average Bonchev–Trinajstić information content (AvgIpc) is 3.33. The minimum atomic E-state index is -2.38. The molecule has 15 heteroatoms. The van der Waals surface area contributed by atoms with Crippen molar-refractivity contribution in [1.82, 2.24) is 4.98 Å². The lowest BCUT2D eigenvalue weighted by atomic mass is 9.71. The topological polar surface area (TPSA) is 211 Å². The highest BCUT2D eigenvalue weighted by Crippen LogP contribution is 2.54. The lowest BCUT2D eigenvalue weighted by molar-refractivity contribution is -0.193. The molecule has 302 valence electrons. The van der Waals surface area contributed by atoms with E-state index in [1.165, 1.54) is 43.6 Å². The first-order valence-electron chi connectivity index (χ1n) is 18.0. The summed E-state index contributed by atoms with van der Waals surface area (Å²) in [6.07, 6.45) is -5.06. The van der Waals surface area contributed by atoms with Crippen LogP contribution in [-0.4, -0.2) is 98.8 Å². The van der Waals surface area contributed by atoms with Crippen LogP contribution in [0, 0.1) is 17.3 Å². The molecular formula is C41H49NO14. The summed E-state index contributed by atoms with van der Waals surface area (Å²) in [5, 5.41) is 25.4. The number of rotatable bonds is 8. The number of pyridine rings is 1. The third kappa shape index (κ3) is 9.51. The van der Waals surface area contributed by atoms with Crippen molar-refractivity contribution in [3.05, 3.63) is 90.3 Å². The molecule has 0 unspecified atom stereocenters.